The Bertz CT molecular complexity index is 754. The van der Waals surface area contributed by atoms with Gasteiger partial charge in [0.1, 0.15) is 0 Å². The summed E-state index contributed by atoms with van der Waals surface area (Å²) in [4.78, 5) is 31.0. The first kappa shape index (κ1) is 16.6. The Labute approximate surface area is 145 Å². The van der Waals surface area contributed by atoms with Crippen molar-refractivity contribution >= 4 is 28.3 Å². The van der Waals surface area contributed by atoms with Crippen LogP contribution in [0.3, 0.4) is 0 Å². The summed E-state index contributed by atoms with van der Waals surface area (Å²) in [6.45, 7) is 3.92. The second kappa shape index (κ2) is 6.73. The Balaban J connectivity index is 1.86. The zero-order valence-electron chi connectivity index (χ0n) is 14.1. The largest absolute Gasteiger partial charge is 0.338 e. The van der Waals surface area contributed by atoms with E-state index in [2.05, 4.69) is 10.3 Å². The smallest absolute Gasteiger partial charge is 0.231 e. The zero-order chi connectivity index (χ0) is 17.3. The van der Waals surface area contributed by atoms with E-state index in [0.717, 1.165) is 16.8 Å². The molecule has 0 spiro atoms. The van der Waals surface area contributed by atoms with E-state index in [-0.39, 0.29) is 23.8 Å². The van der Waals surface area contributed by atoms with Crippen LogP contribution in [-0.4, -0.2) is 28.7 Å². The number of amides is 2. The minimum atomic E-state index is -0.278. The van der Waals surface area contributed by atoms with E-state index in [1.54, 1.807) is 11.9 Å². The van der Waals surface area contributed by atoms with Crippen molar-refractivity contribution in [3.05, 3.63) is 46.5 Å². The van der Waals surface area contributed by atoms with Gasteiger partial charge in [0.15, 0.2) is 5.13 Å². The molecule has 0 bridgehead atoms. The van der Waals surface area contributed by atoms with Crippen LogP contribution in [0.4, 0.5) is 5.13 Å². The molecule has 2 atom stereocenters. The number of hydrogen-bond donors (Lipinski definition) is 1. The van der Waals surface area contributed by atoms with Gasteiger partial charge < -0.3 is 10.2 Å². The fourth-order valence-corrected chi connectivity index (χ4v) is 3.83. The average Bonchev–Trinajstić information content (AvgIpc) is 2.96. The number of likely N-dealkylation sites (tertiary alicyclic amines) is 1. The third kappa shape index (κ3) is 3.33. The van der Waals surface area contributed by atoms with Crippen molar-refractivity contribution in [2.45, 2.75) is 32.7 Å². The molecule has 1 aromatic heterocycles. The molecule has 2 amide bonds. The molecule has 2 aromatic rings. The highest BCUT2D eigenvalue weighted by molar-refractivity contribution is 7.13. The van der Waals surface area contributed by atoms with Gasteiger partial charge in [-0.1, -0.05) is 29.8 Å². The average molecular weight is 343 g/mol. The molecule has 126 valence electrons. The standard InChI is InChI=1S/C18H21N3O2S/c1-11-4-6-13(7-5-11)16-14(8-9-15(22)21(16)3)17(23)20-18-19-12(2)10-24-18/h4-7,10,14,16H,8-9H2,1-3H3,(H,19,20,23)/t14-,16+/m1/s1. The zero-order valence-corrected chi connectivity index (χ0v) is 14.9. The van der Waals surface area contributed by atoms with Crippen LogP contribution in [0.25, 0.3) is 0 Å². The SMILES string of the molecule is Cc1ccc([C@H]2[C@H](C(=O)Nc3nc(C)cs3)CCC(=O)N2C)cc1. The topological polar surface area (TPSA) is 62.3 Å². The summed E-state index contributed by atoms with van der Waals surface area (Å²) in [5, 5.41) is 5.43. The Kier molecular flexibility index (Phi) is 4.66. The number of nitrogens with zero attached hydrogens (tertiary/aromatic N) is 2. The Morgan fingerprint density at radius 1 is 1.29 bits per heavy atom. The minimum Gasteiger partial charge on any atom is -0.338 e. The predicted molar refractivity (Wildman–Crippen MR) is 94.9 cm³/mol. The number of carbonyl (C=O) groups excluding carboxylic acids is 2. The molecule has 6 heteroatoms. The fourth-order valence-electron chi connectivity index (χ4n) is 3.14. The molecule has 1 saturated heterocycles. The number of aryl methyl sites for hydroxylation is 2. The van der Waals surface area contributed by atoms with E-state index in [1.807, 2.05) is 43.5 Å². The molecule has 1 fully saturated rings. The summed E-state index contributed by atoms with van der Waals surface area (Å²) in [6.07, 6.45) is 0.950. The maximum absolute atomic E-state index is 12.8. The van der Waals surface area contributed by atoms with Gasteiger partial charge in [-0.2, -0.15) is 0 Å². The van der Waals surface area contributed by atoms with Gasteiger partial charge in [-0.3, -0.25) is 9.59 Å². The number of piperidine rings is 1. The maximum Gasteiger partial charge on any atom is 0.231 e. The Morgan fingerprint density at radius 3 is 2.62 bits per heavy atom. The van der Waals surface area contributed by atoms with Crippen molar-refractivity contribution in [1.29, 1.82) is 0 Å². The summed E-state index contributed by atoms with van der Waals surface area (Å²) in [5.41, 5.74) is 3.04. The van der Waals surface area contributed by atoms with E-state index < -0.39 is 0 Å². The molecular weight excluding hydrogens is 322 g/mol. The highest BCUT2D eigenvalue weighted by Crippen LogP contribution is 2.36. The molecule has 1 aliphatic heterocycles. The van der Waals surface area contributed by atoms with Crippen molar-refractivity contribution in [3.8, 4) is 0 Å². The molecule has 3 rings (SSSR count). The third-order valence-electron chi connectivity index (χ3n) is 4.47. The maximum atomic E-state index is 12.8. The second-order valence-corrected chi connectivity index (χ2v) is 7.15. The molecule has 0 unspecified atom stereocenters. The highest BCUT2D eigenvalue weighted by atomic mass is 32.1. The first-order valence-electron chi connectivity index (χ1n) is 8.01. The van der Waals surface area contributed by atoms with Crippen LogP contribution in [0.15, 0.2) is 29.6 Å². The monoisotopic (exact) mass is 343 g/mol. The third-order valence-corrected chi connectivity index (χ3v) is 5.34. The summed E-state index contributed by atoms with van der Waals surface area (Å²) in [5.74, 6) is -0.274. The van der Waals surface area contributed by atoms with Gasteiger partial charge >= 0.3 is 0 Å². The summed E-state index contributed by atoms with van der Waals surface area (Å²) in [6, 6.07) is 7.79. The number of aromatic nitrogens is 1. The van der Waals surface area contributed by atoms with Crippen molar-refractivity contribution in [2.75, 3.05) is 12.4 Å². The second-order valence-electron chi connectivity index (χ2n) is 6.29. The van der Waals surface area contributed by atoms with Gasteiger partial charge in [-0.15, -0.1) is 11.3 Å². The molecule has 1 N–H and O–H groups in total. The summed E-state index contributed by atoms with van der Waals surface area (Å²) >= 11 is 1.42. The van der Waals surface area contributed by atoms with Gasteiger partial charge in [-0.25, -0.2) is 4.98 Å². The number of carbonyl (C=O) groups is 2. The molecule has 1 aromatic carbocycles. The van der Waals surface area contributed by atoms with E-state index in [4.69, 9.17) is 0 Å². The van der Waals surface area contributed by atoms with Crippen molar-refractivity contribution < 1.29 is 9.59 Å². The first-order chi connectivity index (χ1) is 11.5. The molecule has 0 aliphatic carbocycles. The number of benzene rings is 1. The highest BCUT2D eigenvalue weighted by Gasteiger charge is 2.39. The number of anilines is 1. The number of hydrogen-bond acceptors (Lipinski definition) is 4. The van der Waals surface area contributed by atoms with Gasteiger partial charge in [0.2, 0.25) is 11.8 Å². The van der Waals surface area contributed by atoms with Crippen molar-refractivity contribution in [1.82, 2.24) is 9.88 Å². The minimum absolute atomic E-state index is 0.0747. The Morgan fingerprint density at radius 2 is 2.00 bits per heavy atom. The normalized spacial score (nSPS) is 21.0. The van der Waals surface area contributed by atoms with Gasteiger partial charge in [0.25, 0.3) is 0 Å². The molecule has 2 heterocycles. The van der Waals surface area contributed by atoms with Crippen LogP contribution >= 0.6 is 11.3 Å². The van der Waals surface area contributed by atoms with Crippen LogP contribution in [0, 0.1) is 19.8 Å². The lowest BCUT2D eigenvalue weighted by Crippen LogP contribution is -2.44. The molecule has 0 radical (unpaired) electrons. The molecule has 24 heavy (non-hydrogen) atoms. The van der Waals surface area contributed by atoms with Gasteiger partial charge in [0, 0.05) is 18.8 Å². The lowest BCUT2D eigenvalue weighted by Gasteiger charge is -2.38. The van der Waals surface area contributed by atoms with E-state index in [0.29, 0.717) is 18.0 Å². The van der Waals surface area contributed by atoms with Crippen LogP contribution in [0.2, 0.25) is 0 Å². The number of thiazole rings is 1. The molecule has 0 saturated carbocycles. The molecular formula is C18H21N3O2S. The molecule has 5 nitrogen and oxygen atoms in total. The van der Waals surface area contributed by atoms with Gasteiger partial charge in [0.05, 0.1) is 17.7 Å². The first-order valence-corrected chi connectivity index (χ1v) is 8.89. The Hall–Kier alpha value is -2.21. The van der Waals surface area contributed by atoms with Gasteiger partial charge in [-0.05, 0) is 25.8 Å². The van der Waals surface area contributed by atoms with Crippen molar-refractivity contribution in [3.63, 3.8) is 0 Å². The van der Waals surface area contributed by atoms with Crippen LogP contribution in [-0.2, 0) is 9.59 Å². The summed E-state index contributed by atoms with van der Waals surface area (Å²) in [7, 11) is 1.78. The number of rotatable bonds is 3. The number of nitrogens with one attached hydrogen (secondary N) is 1. The van der Waals surface area contributed by atoms with E-state index in [9.17, 15) is 9.59 Å². The van der Waals surface area contributed by atoms with E-state index >= 15 is 0 Å². The van der Waals surface area contributed by atoms with Crippen LogP contribution in [0.5, 0.6) is 0 Å². The van der Waals surface area contributed by atoms with Crippen molar-refractivity contribution in [2.24, 2.45) is 5.92 Å². The fraction of sp³-hybridized carbons (Fsp3) is 0.389. The molecule has 1 aliphatic rings. The predicted octanol–water partition coefficient (Wildman–Crippen LogP) is 3.31. The quantitative estimate of drug-likeness (QED) is 0.930. The van der Waals surface area contributed by atoms with Crippen LogP contribution < -0.4 is 5.32 Å². The van der Waals surface area contributed by atoms with Crippen LogP contribution in [0.1, 0.15) is 35.7 Å². The lowest BCUT2D eigenvalue weighted by atomic mass is 9.84. The summed E-state index contributed by atoms with van der Waals surface area (Å²) < 4.78 is 0. The lowest BCUT2D eigenvalue weighted by molar-refractivity contribution is -0.140. The van der Waals surface area contributed by atoms with E-state index in [1.165, 1.54) is 11.3 Å².